The summed E-state index contributed by atoms with van der Waals surface area (Å²) >= 11 is 0. The summed E-state index contributed by atoms with van der Waals surface area (Å²) in [4.78, 5) is 14.8. The molecule has 1 unspecified atom stereocenters. The smallest absolute Gasteiger partial charge is 0.238 e. The Morgan fingerprint density at radius 2 is 1.84 bits per heavy atom. The number of hydrogen-bond donors (Lipinski definition) is 2. The molecular formula is C18H36Cl2N4O. The van der Waals surface area contributed by atoms with Crippen LogP contribution >= 0.6 is 24.8 Å². The van der Waals surface area contributed by atoms with E-state index < -0.39 is 11.6 Å². The van der Waals surface area contributed by atoms with Gasteiger partial charge in [-0.15, -0.1) is 24.8 Å². The van der Waals surface area contributed by atoms with Crippen LogP contribution in [0.25, 0.3) is 0 Å². The van der Waals surface area contributed by atoms with Gasteiger partial charge in [0.05, 0.1) is 12.1 Å². The lowest BCUT2D eigenvalue weighted by atomic mass is 9.76. The highest BCUT2D eigenvalue weighted by Crippen LogP contribution is 2.31. The van der Waals surface area contributed by atoms with Crippen molar-refractivity contribution in [3.05, 3.63) is 0 Å². The molecule has 0 aliphatic carbocycles. The number of halogens is 2. The van der Waals surface area contributed by atoms with Crippen molar-refractivity contribution in [1.82, 2.24) is 10.2 Å². The van der Waals surface area contributed by atoms with Crippen molar-refractivity contribution >= 4 is 30.7 Å². The van der Waals surface area contributed by atoms with E-state index in [-0.39, 0.29) is 36.1 Å². The summed E-state index contributed by atoms with van der Waals surface area (Å²) in [6.45, 7) is 13.5. The fourth-order valence-corrected chi connectivity index (χ4v) is 2.96. The van der Waals surface area contributed by atoms with E-state index in [9.17, 15) is 10.1 Å². The van der Waals surface area contributed by atoms with E-state index in [2.05, 4.69) is 50.9 Å². The minimum Gasteiger partial charge on any atom is -0.336 e. The number of rotatable bonds is 7. The lowest BCUT2D eigenvalue weighted by molar-refractivity contribution is -0.125. The Kier molecular flexibility index (Phi) is 12.0. The monoisotopic (exact) mass is 394 g/mol. The van der Waals surface area contributed by atoms with Gasteiger partial charge in [0, 0.05) is 13.1 Å². The molecule has 0 aromatic heterocycles. The van der Waals surface area contributed by atoms with Crippen LogP contribution in [-0.2, 0) is 4.79 Å². The zero-order chi connectivity index (χ0) is 17.7. The summed E-state index contributed by atoms with van der Waals surface area (Å²) in [6.07, 6.45) is 3.09. The second-order valence-electron chi connectivity index (χ2n) is 7.98. The average molecular weight is 395 g/mol. The first kappa shape index (κ1) is 26.7. The minimum atomic E-state index is -0.749. The first-order valence-corrected chi connectivity index (χ1v) is 8.87. The normalized spacial score (nSPS) is 18.5. The van der Waals surface area contributed by atoms with Gasteiger partial charge in [-0.1, -0.05) is 34.6 Å². The predicted octanol–water partition coefficient (Wildman–Crippen LogP) is 3.11. The van der Waals surface area contributed by atoms with Gasteiger partial charge in [-0.05, 0) is 43.6 Å². The van der Waals surface area contributed by atoms with Crippen LogP contribution in [0, 0.1) is 22.7 Å². The molecule has 0 saturated carbocycles. The summed E-state index contributed by atoms with van der Waals surface area (Å²) < 4.78 is 0. The van der Waals surface area contributed by atoms with Crippen molar-refractivity contribution in [1.29, 1.82) is 5.26 Å². The van der Waals surface area contributed by atoms with E-state index in [1.54, 1.807) is 0 Å². The zero-order valence-electron chi connectivity index (χ0n) is 16.3. The summed E-state index contributed by atoms with van der Waals surface area (Å²) in [7, 11) is 0. The molecule has 0 bridgehead atoms. The van der Waals surface area contributed by atoms with Crippen molar-refractivity contribution in [2.75, 3.05) is 19.6 Å². The van der Waals surface area contributed by atoms with Crippen molar-refractivity contribution in [2.45, 2.75) is 71.9 Å². The Labute approximate surface area is 165 Å². The number of piperidine rings is 1. The lowest BCUT2D eigenvalue weighted by Gasteiger charge is -2.39. The van der Waals surface area contributed by atoms with Gasteiger partial charge in [-0.25, -0.2) is 0 Å². The molecule has 1 aliphatic heterocycles. The second-order valence-corrected chi connectivity index (χ2v) is 7.98. The lowest BCUT2D eigenvalue weighted by Crippen LogP contribution is -2.58. The Bertz CT molecular complexity index is 441. The maximum absolute atomic E-state index is 12.5. The molecule has 7 heteroatoms. The van der Waals surface area contributed by atoms with E-state index in [4.69, 9.17) is 5.73 Å². The van der Waals surface area contributed by atoms with Gasteiger partial charge in [0.15, 0.2) is 0 Å². The van der Waals surface area contributed by atoms with Gasteiger partial charge in [-0.3, -0.25) is 4.79 Å². The topological polar surface area (TPSA) is 82.2 Å². The van der Waals surface area contributed by atoms with Crippen LogP contribution in [0.15, 0.2) is 0 Å². The molecule has 1 fully saturated rings. The summed E-state index contributed by atoms with van der Waals surface area (Å²) in [6, 6.07) is 1.77. The Morgan fingerprint density at radius 1 is 1.32 bits per heavy atom. The largest absolute Gasteiger partial charge is 0.336 e. The van der Waals surface area contributed by atoms with Crippen LogP contribution in [-0.4, -0.2) is 42.0 Å². The molecule has 0 radical (unpaired) electrons. The van der Waals surface area contributed by atoms with Gasteiger partial charge in [-0.2, -0.15) is 5.26 Å². The van der Waals surface area contributed by atoms with E-state index >= 15 is 0 Å². The number of hydrogen-bond acceptors (Lipinski definition) is 4. The third kappa shape index (κ3) is 7.70. The zero-order valence-corrected chi connectivity index (χ0v) is 17.9. The Balaban J connectivity index is 0. The van der Waals surface area contributed by atoms with Crippen molar-refractivity contribution in [2.24, 2.45) is 17.1 Å². The van der Waals surface area contributed by atoms with Gasteiger partial charge in [0.1, 0.15) is 5.54 Å². The first-order valence-electron chi connectivity index (χ1n) is 8.87. The molecule has 1 atom stereocenters. The fourth-order valence-electron chi connectivity index (χ4n) is 2.96. The van der Waals surface area contributed by atoms with E-state index in [1.807, 2.05) is 0 Å². The third-order valence-corrected chi connectivity index (χ3v) is 5.47. The van der Waals surface area contributed by atoms with Crippen molar-refractivity contribution < 1.29 is 4.79 Å². The van der Waals surface area contributed by atoms with Crippen molar-refractivity contribution in [3.8, 4) is 6.07 Å². The van der Waals surface area contributed by atoms with Crippen LogP contribution < -0.4 is 11.1 Å². The van der Waals surface area contributed by atoms with Gasteiger partial charge in [0.2, 0.25) is 5.91 Å². The van der Waals surface area contributed by atoms with Gasteiger partial charge < -0.3 is 16.0 Å². The van der Waals surface area contributed by atoms with Crippen LogP contribution in [0.2, 0.25) is 0 Å². The SMILES string of the molecule is CCCN1CCC(C#N)(NC(=O)C(N)CC(C)(C)C(C)C)CC1.Cl.Cl. The number of nitrogens with two attached hydrogens (primary N) is 1. The number of nitrogens with zero attached hydrogens (tertiary/aromatic N) is 2. The third-order valence-electron chi connectivity index (χ3n) is 5.47. The van der Waals surface area contributed by atoms with Crippen LogP contribution in [0.4, 0.5) is 0 Å². The minimum absolute atomic E-state index is 0. The number of amides is 1. The van der Waals surface area contributed by atoms with Crippen LogP contribution in [0.1, 0.15) is 60.3 Å². The molecular weight excluding hydrogens is 359 g/mol. The number of carbonyl (C=O) groups excluding carboxylic acids is 1. The van der Waals surface area contributed by atoms with E-state index in [1.165, 1.54) is 0 Å². The maximum Gasteiger partial charge on any atom is 0.238 e. The molecule has 1 rings (SSSR count). The number of likely N-dealkylation sites (tertiary alicyclic amines) is 1. The molecule has 148 valence electrons. The molecule has 1 aliphatic rings. The Hall–Kier alpha value is -0.540. The standard InChI is InChI=1S/C18H34N4O.2ClH/c1-6-9-22-10-7-18(13-19,8-11-22)21-16(23)15(20)12-17(4,5)14(2)3;;/h14-15H,6-12,20H2,1-5H3,(H,21,23);2*1H. The molecule has 0 spiro atoms. The molecule has 0 aromatic carbocycles. The quantitative estimate of drug-likeness (QED) is 0.694. The highest BCUT2D eigenvalue weighted by Gasteiger charge is 2.38. The summed E-state index contributed by atoms with van der Waals surface area (Å²) in [5, 5.41) is 12.5. The highest BCUT2D eigenvalue weighted by molar-refractivity contribution is 5.85. The fraction of sp³-hybridized carbons (Fsp3) is 0.889. The number of nitrogens with one attached hydrogen (secondary N) is 1. The van der Waals surface area contributed by atoms with Gasteiger partial charge in [0.25, 0.3) is 0 Å². The maximum atomic E-state index is 12.5. The molecule has 25 heavy (non-hydrogen) atoms. The average Bonchev–Trinajstić information content (AvgIpc) is 2.49. The molecule has 1 heterocycles. The molecule has 1 saturated heterocycles. The summed E-state index contributed by atoms with van der Waals surface area (Å²) in [5.41, 5.74) is 5.37. The number of nitriles is 1. The second kappa shape index (κ2) is 11.2. The van der Waals surface area contributed by atoms with E-state index in [0.29, 0.717) is 25.2 Å². The van der Waals surface area contributed by atoms with Crippen LogP contribution in [0.3, 0.4) is 0 Å². The Morgan fingerprint density at radius 3 is 2.24 bits per heavy atom. The number of carbonyl (C=O) groups is 1. The molecule has 5 nitrogen and oxygen atoms in total. The first-order chi connectivity index (χ1) is 10.7. The van der Waals surface area contributed by atoms with E-state index in [0.717, 1.165) is 26.1 Å². The van der Waals surface area contributed by atoms with Gasteiger partial charge >= 0.3 is 0 Å². The predicted molar refractivity (Wildman–Crippen MR) is 108 cm³/mol. The molecule has 1 amide bonds. The van der Waals surface area contributed by atoms with Crippen molar-refractivity contribution in [3.63, 3.8) is 0 Å². The highest BCUT2D eigenvalue weighted by atomic mass is 35.5. The molecule has 0 aromatic rings. The molecule has 3 N–H and O–H groups in total. The summed E-state index contributed by atoms with van der Waals surface area (Å²) in [5.74, 6) is 0.257. The van der Waals surface area contributed by atoms with Crippen LogP contribution in [0.5, 0.6) is 0 Å².